The van der Waals surface area contributed by atoms with Gasteiger partial charge in [-0.15, -0.1) is 0 Å². The normalized spacial score (nSPS) is 11.9. The summed E-state index contributed by atoms with van der Waals surface area (Å²) in [6.07, 6.45) is 0. The molecule has 19 heavy (non-hydrogen) atoms. The molecule has 1 N–H and O–H groups in total. The SMILES string of the molecule is CC(C)NC(C#N)COc1cccc([N+](=O)[O-])c1Br. The molecule has 1 rings (SSSR count). The van der Waals surface area contributed by atoms with Gasteiger partial charge in [-0.05, 0) is 35.8 Å². The van der Waals surface area contributed by atoms with Crippen LogP contribution in [0.15, 0.2) is 22.7 Å². The molecule has 0 bridgehead atoms. The highest BCUT2D eigenvalue weighted by Crippen LogP contribution is 2.33. The summed E-state index contributed by atoms with van der Waals surface area (Å²) in [4.78, 5) is 10.3. The van der Waals surface area contributed by atoms with Crippen LogP contribution in [-0.4, -0.2) is 23.6 Å². The van der Waals surface area contributed by atoms with Crippen molar-refractivity contribution in [3.63, 3.8) is 0 Å². The number of benzene rings is 1. The highest BCUT2D eigenvalue weighted by molar-refractivity contribution is 9.10. The Kier molecular flexibility index (Phi) is 5.73. The van der Waals surface area contributed by atoms with Crippen molar-refractivity contribution in [1.82, 2.24) is 5.32 Å². The van der Waals surface area contributed by atoms with Gasteiger partial charge in [0.1, 0.15) is 22.9 Å². The van der Waals surface area contributed by atoms with E-state index in [0.29, 0.717) is 5.75 Å². The van der Waals surface area contributed by atoms with Crippen LogP contribution in [0.25, 0.3) is 0 Å². The Morgan fingerprint density at radius 1 is 1.58 bits per heavy atom. The summed E-state index contributed by atoms with van der Waals surface area (Å²) >= 11 is 3.13. The van der Waals surface area contributed by atoms with Crippen molar-refractivity contribution >= 4 is 21.6 Å². The second kappa shape index (κ2) is 7.07. The Bertz CT molecular complexity index is 499. The maximum absolute atomic E-state index is 10.8. The van der Waals surface area contributed by atoms with E-state index in [1.165, 1.54) is 12.1 Å². The number of hydrogen-bond donors (Lipinski definition) is 1. The van der Waals surface area contributed by atoms with Gasteiger partial charge in [-0.3, -0.25) is 15.4 Å². The van der Waals surface area contributed by atoms with E-state index in [9.17, 15) is 10.1 Å². The molecule has 0 amide bonds. The number of nitro benzene ring substituents is 1. The Balaban J connectivity index is 2.75. The van der Waals surface area contributed by atoms with Crippen LogP contribution in [0.2, 0.25) is 0 Å². The zero-order chi connectivity index (χ0) is 14.4. The third kappa shape index (κ3) is 4.50. The van der Waals surface area contributed by atoms with E-state index < -0.39 is 11.0 Å². The maximum Gasteiger partial charge on any atom is 0.287 e. The second-order valence-corrected chi connectivity index (χ2v) is 4.95. The van der Waals surface area contributed by atoms with Crippen LogP contribution in [0.1, 0.15) is 13.8 Å². The van der Waals surface area contributed by atoms with Crippen molar-refractivity contribution in [3.05, 3.63) is 32.8 Å². The number of nitrogens with zero attached hydrogens (tertiary/aromatic N) is 2. The highest BCUT2D eigenvalue weighted by atomic mass is 79.9. The molecule has 6 nitrogen and oxygen atoms in total. The van der Waals surface area contributed by atoms with E-state index in [0.717, 1.165) is 0 Å². The molecule has 0 heterocycles. The van der Waals surface area contributed by atoms with Crippen molar-refractivity contribution in [2.24, 2.45) is 0 Å². The fourth-order valence-corrected chi connectivity index (χ4v) is 1.97. The zero-order valence-corrected chi connectivity index (χ0v) is 12.2. The molecule has 0 saturated carbocycles. The first kappa shape index (κ1) is 15.4. The molecule has 1 aromatic rings. The van der Waals surface area contributed by atoms with E-state index in [4.69, 9.17) is 10.00 Å². The molecule has 1 aromatic carbocycles. The van der Waals surface area contributed by atoms with Crippen LogP contribution in [0.5, 0.6) is 5.75 Å². The first-order valence-electron chi connectivity index (χ1n) is 5.67. The fraction of sp³-hybridized carbons (Fsp3) is 0.417. The van der Waals surface area contributed by atoms with Crippen LogP contribution < -0.4 is 10.1 Å². The molecule has 1 atom stereocenters. The van der Waals surface area contributed by atoms with E-state index in [1.807, 2.05) is 13.8 Å². The van der Waals surface area contributed by atoms with Gasteiger partial charge in [-0.2, -0.15) is 5.26 Å². The van der Waals surface area contributed by atoms with Crippen LogP contribution in [0, 0.1) is 21.4 Å². The maximum atomic E-state index is 10.8. The fourth-order valence-electron chi connectivity index (χ4n) is 1.45. The average molecular weight is 328 g/mol. The van der Waals surface area contributed by atoms with Gasteiger partial charge in [-0.1, -0.05) is 6.07 Å². The van der Waals surface area contributed by atoms with Crippen LogP contribution in [-0.2, 0) is 0 Å². The van der Waals surface area contributed by atoms with Gasteiger partial charge in [0.25, 0.3) is 5.69 Å². The van der Waals surface area contributed by atoms with Gasteiger partial charge in [0, 0.05) is 12.1 Å². The van der Waals surface area contributed by atoms with Crippen LogP contribution in [0.4, 0.5) is 5.69 Å². The molecule has 1 unspecified atom stereocenters. The number of nitriles is 1. The molecular formula is C12H14BrN3O3. The molecule has 0 aliphatic rings. The summed E-state index contributed by atoms with van der Waals surface area (Å²) in [5.74, 6) is 0.347. The van der Waals surface area contributed by atoms with E-state index in [2.05, 4.69) is 27.3 Å². The average Bonchev–Trinajstić information content (AvgIpc) is 2.35. The third-order valence-corrected chi connectivity index (χ3v) is 3.03. The Morgan fingerprint density at radius 3 is 2.79 bits per heavy atom. The molecule has 0 saturated heterocycles. The monoisotopic (exact) mass is 327 g/mol. The summed E-state index contributed by atoms with van der Waals surface area (Å²) in [5, 5.41) is 22.7. The summed E-state index contributed by atoms with van der Waals surface area (Å²) in [6, 6.07) is 6.29. The van der Waals surface area contributed by atoms with Crippen molar-refractivity contribution in [2.45, 2.75) is 25.9 Å². The lowest BCUT2D eigenvalue weighted by atomic mass is 10.3. The lowest BCUT2D eigenvalue weighted by molar-refractivity contribution is -0.385. The summed E-state index contributed by atoms with van der Waals surface area (Å²) in [7, 11) is 0. The quantitative estimate of drug-likeness (QED) is 0.640. The predicted octanol–water partition coefficient (Wildman–Crippen LogP) is 2.63. The molecule has 0 aliphatic carbocycles. The third-order valence-electron chi connectivity index (χ3n) is 2.24. The number of hydrogen-bond acceptors (Lipinski definition) is 5. The minimum Gasteiger partial charge on any atom is -0.489 e. The predicted molar refractivity (Wildman–Crippen MR) is 74.0 cm³/mol. The molecular weight excluding hydrogens is 314 g/mol. The minimum atomic E-state index is -0.495. The van der Waals surface area contributed by atoms with Crippen molar-refractivity contribution in [1.29, 1.82) is 5.26 Å². The largest absolute Gasteiger partial charge is 0.489 e. The standard InChI is InChI=1S/C12H14BrN3O3/c1-8(2)15-9(6-14)7-19-11-5-3-4-10(12(11)13)16(17)18/h3-5,8-9,15H,7H2,1-2H3. The number of ether oxygens (including phenoxy) is 1. The minimum absolute atomic E-state index is 0.0668. The van der Waals surface area contributed by atoms with Gasteiger partial charge in [0.05, 0.1) is 11.0 Å². The molecule has 0 spiro atoms. The van der Waals surface area contributed by atoms with Crippen molar-refractivity contribution in [3.8, 4) is 11.8 Å². The lowest BCUT2D eigenvalue weighted by Gasteiger charge is -2.15. The smallest absolute Gasteiger partial charge is 0.287 e. The number of rotatable bonds is 6. The van der Waals surface area contributed by atoms with Gasteiger partial charge in [0.2, 0.25) is 0 Å². The first-order valence-corrected chi connectivity index (χ1v) is 6.46. The number of nitro groups is 1. The summed E-state index contributed by atoms with van der Waals surface area (Å²) in [5.41, 5.74) is -0.0668. The van der Waals surface area contributed by atoms with Gasteiger partial charge >= 0.3 is 0 Å². The number of halogens is 1. The first-order chi connectivity index (χ1) is 8.95. The Morgan fingerprint density at radius 2 is 2.26 bits per heavy atom. The van der Waals surface area contributed by atoms with Crippen molar-refractivity contribution in [2.75, 3.05) is 6.61 Å². The van der Waals surface area contributed by atoms with E-state index in [1.54, 1.807) is 6.07 Å². The van der Waals surface area contributed by atoms with Gasteiger partial charge < -0.3 is 4.74 Å². The highest BCUT2D eigenvalue weighted by Gasteiger charge is 2.17. The lowest BCUT2D eigenvalue weighted by Crippen LogP contribution is -2.38. The summed E-state index contributed by atoms with van der Waals surface area (Å²) < 4.78 is 5.72. The molecule has 7 heteroatoms. The molecule has 0 aromatic heterocycles. The number of nitrogens with one attached hydrogen (secondary N) is 1. The molecule has 0 radical (unpaired) electrons. The van der Waals surface area contributed by atoms with Crippen molar-refractivity contribution < 1.29 is 9.66 Å². The Hall–Kier alpha value is -1.65. The van der Waals surface area contributed by atoms with Gasteiger partial charge in [0.15, 0.2) is 0 Å². The molecule has 0 fully saturated rings. The summed E-state index contributed by atoms with van der Waals surface area (Å²) in [6.45, 7) is 3.97. The Labute approximate surface area is 119 Å². The molecule has 102 valence electrons. The van der Waals surface area contributed by atoms with Crippen LogP contribution in [0.3, 0.4) is 0 Å². The van der Waals surface area contributed by atoms with Crippen LogP contribution >= 0.6 is 15.9 Å². The zero-order valence-electron chi connectivity index (χ0n) is 10.6. The van der Waals surface area contributed by atoms with Gasteiger partial charge in [-0.25, -0.2) is 0 Å². The second-order valence-electron chi connectivity index (χ2n) is 4.16. The molecule has 0 aliphatic heterocycles. The topological polar surface area (TPSA) is 88.2 Å². The van der Waals surface area contributed by atoms with E-state index in [-0.39, 0.29) is 22.8 Å². The van der Waals surface area contributed by atoms with E-state index >= 15 is 0 Å².